The largest absolute Gasteiger partial charge is 0.350 e. The number of benzene rings is 1. The highest BCUT2D eigenvalue weighted by atomic mass is 35.5. The third-order valence-corrected chi connectivity index (χ3v) is 5.13. The van der Waals surface area contributed by atoms with Gasteiger partial charge >= 0.3 is 0 Å². The Hall–Kier alpha value is -1.17. The molecule has 3 N–H and O–H groups in total. The SMILES string of the molecule is CCC(C)C(N)C(=O)NC1CCN(C)C1c1ccc(Cl)c(F)c1. The van der Waals surface area contributed by atoms with Crippen molar-refractivity contribution in [1.29, 1.82) is 0 Å². The van der Waals surface area contributed by atoms with E-state index < -0.39 is 11.9 Å². The van der Waals surface area contributed by atoms with E-state index in [-0.39, 0.29) is 28.9 Å². The summed E-state index contributed by atoms with van der Waals surface area (Å²) < 4.78 is 13.8. The second-order valence-electron chi connectivity index (χ2n) is 6.41. The van der Waals surface area contributed by atoms with Crippen molar-refractivity contribution in [1.82, 2.24) is 10.2 Å². The van der Waals surface area contributed by atoms with Gasteiger partial charge in [0.25, 0.3) is 0 Å². The van der Waals surface area contributed by atoms with Crippen molar-refractivity contribution in [2.24, 2.45) is 11.7 Å². The molecule has 1 aromatic carbocycles. The molecule has 1 saturated heterocycles. The zero-order valence-corrected chi connectivity index (χ0v) is 14.6. The van der Waals surface area contributed by atoms with E-state index >= 15 is 0 Å². The number of likely N-dealkylation sites (N-methyl/N-ethyl adjacent to an activating group) is 1. The van der Waals surface area contributed by atoms with Crippen LogP contribution in [0.3, 0.4) is 0 Å². The van der Waals surface area contributed by atoms with Gasteiger partial charge in [-0.1, -0.05) is 37.9 Å². The van der Waals surface area contributed by atoms with Crippen molar-refractivity contribution < 1.29 is 9.18 Å². The van der Waals surface area contributed by atoms with Crippen molar-refractivity contribution in [2.75, 3.05) is 13.6 Å². The molecule has 1 fully saturated rings. The molecule has 0 saturated carbocycles. The molecule has 1 aliphatic rings. The number of hydrogen-bond donors (Lipinski definition) is 2. The lowest BCUT2D eigenvalue weighted by Gasteiger charge is -2.28. The number of carbonyl (C=O) groups excluding carboxylic acids is 1. The van der Waals surface area contributed by atoms with Crippen molar-refractivity contribution in [3.8, 4) is 0 Å². The summed E-state index contributed by atoms with van der Waals surface area (Å²) in [4.78, 5) is 14.5. The summed E-state index contributed by atoms with van der Waals surface area (Å²) >= 11 is 5.76. The standard InChI is InChI=1S/C17H25ClFN3O/c1-4-10(2)15(20)17(23)21-14-7-8-22(3)16(14)11-5-6-12(18)13(19)9-11/h5-6,9-10,14-16H,4,7-8,20H2,1-3H3,(H,21,23). The van der Waals surface area contributed by atoms with Crippen LogP contribution in [0.4, 0.5) is 4.39 Å². The minimum Gasteiger partial charge on any atom is -0.350 e. The van der Waals surface area contributed by atoms with Crippen molar-refractivity contribution in [3.05, 3.63) is 34.6 Å². The number of nitrogens with two attached hydrogens (primary N) is 1. The summed E-state index contributed by atoms with van der Waals surface area (Å²) in [6.07, 6.45) is 1.66. The summed E-state index contributed by atoms with van der Waals surface area (Å²) in [5.41, 5.74) is 6.82. The number of rotatable bonds is 5. The second kappa shape index (κ2) is 7.60. The topological polar surface area (TPSA) is 58.4 Å². The van der Waals surface area contributed by atoms with E-state index in [0.717, 1.165) is 24.9 Å². The van der Waals surface area contributed by atoms with E-state index in [0.29, 0.717) is 0 Å². The number of nitrogens with one attached hydrogen (secondary N) is 1. The molecule has 0 radical (unpaired) electrons. The van der Waals surface area contributed by atoms with Gasteiger partial charge in [0.2, 0.25) is 5.91 Å². The highest BCUT2D eigenvalue weighted by Crippen LogP contribution is 2.32. The molecule has 6 heteroatoms. The van der Waals surface area contributed by atoms with E-state index in [1.54, 1.807) is 6.07 Å². The number of hydrogen-bond acceptors (Lipinski definition) is 3. The smallest absolute Gasteiger partial charge is 0.237 e. The molecular weight excluding hydrogens is 317 g/mol. The maximum atomic E-state index is 13.8. The van der Waals surface area contributed by atoms with Gasteiger partial charge in [0.05, 0.1) is 17.1 Å². The van der Waals surface area contributed by atoms with Crippen LogP contribution in [0.1, 0.15) is 38.3 Å². The van der Waals surface area contributed by atoms with Gasteiger partial charge in [-0.2, -0.15) is 0 Å². The Bertz CT molecular complexity index is 569. The Morgan fingerprint density at radius 1 is 1.57 bits per heavy atom. The Morgan fingerprint density at radius 2 is 2.26 bits per heavy atom. The van der Waals surface area contributed by atoms with Crippen LogP contribution in [0.25, 0.3) is 0 Å². The zero-order chi connectivity index (χ0) is 17.1. The lowest BCUT2D eigenvalue weighted by molar-refractivity contribution is -0.124. The molecule has 0 aromatic heterocycles. The summed E-state index contributed by atoms with van der Waals surface area (Å²) in [5.74, 6) is -0.453. The molecule has 4 nitrogen and oxygen atoms in total. The molecule has 2 rings (SSSR count). The lowest BCUT2D eigenvalue weighted by Crippen LogP contribution is -2.49. The van der Waals surface area contributed by atoms with Gasteiger partial charge in [0.15, 0.2) is 0 Å². The zero-order valence-electron chi connectivity index (χ0n) is 13.9. The average molecular weight is 342 g/mol. The van der Waals surface area contributed by atoms with Crippen molar-refractivity contribution in [3.63, 3.8) is 0 Å². The third-order valence-electron chi connectivity index (χ3n) is 4.82. The molecule has 0 bridgehead atoms. The fourth-order valence-corrected chi connectivity index (χ4v) is 3.19. The first-order chi connectivity index (χ1) is 10.8. The second-order valence-corrected chi connectivity index (χ2v) is 6.82. The van der Waals surface area contributed by atoms with Gasteiger partial charge in [0.1, 0.15) is 5.82 Å². The van der Waals surface area contributed by atoms with Gasteiger partial charge < -0.3 is 11.1 Å². The van der Waals surface area contributed by atoms with Gasteiger partial charge in [0, 0.05) is 12.6 Å². The first-order valence-electron chi connectivity index (χ1n) is 8.06. The number of likely N-dealkylation sites (tertiary alicyclic amines) is 1. The molecule has 23 heavy (non-hydrogen) atoms. The van der Waals surface area contributed by atoms with Crippen molar-refractivity contribution in [2.45, 2.75) is 44.8 Å². The molecule has 0 aliphatic carbocycles. The van der Waals surface area contributed by atoms with E-state index in [1.807, 2.05) is 27.0 Å². The van der Waals surface area contributed by atoms with E-state index in [4.69, 9.17) is 17.3 Å². The third kappa shape index (κ3) is 4.03. The maximum absolute atomic E-state index is 13.8. The molecular formula is C17H25ClFN3O. The Labute approximate surface area is 142 Å². The Balaban J connectivity index is 2.15. The highest BCUT2D eigenvalue weighted by molar-refractivity contribution is 6.30. The van der Waals surface area contributed by atoms with Gasteiger partial charge in [-0.3, -0.25) is 9.69 Å². The summed E-state index contributed by atoms with van der Waals surface area (Å²) in [6, 6.07) is 4.14. The fourth-order valence-electron chi connectivity index (χ4n) is 3.07. The van der Waals surface area contributed by atoms with Gasteiger partial charge in [-0.05, 0) is 37.1 Å². The first kappa shape index (κ1) is 18.2. The fraction of sp³-hybridized carbons (Fsp3) is 0.588. The van der Waals surface area contributed by atoms with Gasteiger partial charge in [-0.25, -0.2) is 4.39 Å². The first-order valence-corrected chi connectivity index (χ1v) is 8.44. The Kier molecular flexibility index (Phi) is 6.00. The minimum absolute atomic E-state index is 0.0742. The molecule has 4 unspecified atom stereocenters. The Morgan fingerprint density at radius 3 is 2.87 bits per heavy atom. The molecule has 1 aliphatic heterocycles. The maximum Gasteiger partial charge on any atom is 0.237 e. The molecule has 0 spiro atoms. The van der Waals surface area contributed by atoms with Crippen LogP contribution in [-0.2, 0) is 4.79 Å². The van der Waals surface area contributed by atoms with Crippen LogP contribution in [-0.4, -0.2) is 36.5 Å². The van der Waals surface area contributed by atoms with Crippen LogP contribution in [0.5, 0.6) is 0 Å². The predicted molar refractivity (Wildman–Crippen MR) is 90.8 cm³/mol. The van der Waals surface area contributed by atoms with Crippen LogP contribution >= 0.6 is 11.6 Å². The number of amides is 1. The summed E-state index contributed by atoms with van der Waals surface area (Å²) in [5, 5.41) is 3.15. The van der Waals surface area contributed by atoms with Crippen LogP contribution < -0.4 is 11.1 Å². The normalized spacial score (nSPS) is 24.4. The van der Waals surface area contributed by atoms with Gasteiger partial charge in [-0.15, -0.1) is 0 Å². The molecule has 1 heterocycles. The quantitative estimate of drug-likeness (QED) is 0.865. The molecule has 1 amide bonds. The predicted octanol–water partition coefficient (Wildman–Crippen LogP) is 2.71. The summed E-state index contributed by atoms with van der Waals surface area (Å²) in [6.45, 7) is 4.82. The van der Waals surface area contributed by atoms with E-state index in [1.165, 1.54) is 6.07 Å². The number of halogens is 2. The van der Waals surface area contributed by atoms with Crippen molar-refractivity contribution >= 4 is 17.5 Å². The molecule has 1 aromatic rings. The molecule has 4 atom stereocenters. The number of nitrogens with zero attached hydrogens (tertiary/aromatic N) is 1. The highest BCUT2D eigenvalue weighted by Gasteiger charge is 2.35. The van der Waals surface area contributed by atoms with Crippen LogP contribution in [0.2, 0.25) is 5.02 Å². The van der Waals surface area contributed by atoms with Crippen LogP contribution in [0, 0.1) is 11.7 Å². The lowest BCUT2D eigenvalue weighted by atomic mass is 9.96. The molecule has 128 valence electrons. The van der Waals surface area contributed by atoms with E-state index in [2.05, 4.69) is 10.2 Å². The average Bonchev–Trinajstić information content (AvgIpc) is 2.89. The summed E-state index contributed by atoms with van der Waals surface area (Å²) in [7, 11) is 1.97. The monoisotopic (exact) mass is 341 g/mol. The van der Waals surface area contributed by atoms with Crippen LogP contribution in [0.15, 0.2) is 18.2 Å². The number of carbonyl (C=O) groups is 1. The minimum atomic E-state index is -0.520. The van der Waals surface area contributed by atoms with E-state index in [9.17, 15) is 9.18 Å².